The summed E-state index contributed by atoms with van der Waals surface area (Å²) in [5, 5.41) is 9.17. The molecule has 0 spiro atoms. The first-order valence-electron chi connectivity index (χ1n) is 7.58. The Hall–Kier alpha value is -0.0900. The molecule has 0 bridgehead atoms. The van der Waals surface area contributed by atoms with Crippen molar-refractivity contribution in [3.05, 3.63) is 0 Å². The molecule has 0 aromatic rings. The standard InChI is InChI=1S/C16H30O2S2/c1-5-6-13(19)8-9-14(20)11-12(16(2,3)4)7-10-15(17)18/h12,14,20H,5-11H2,1-4H3,(H,17,18). The minimum atomic E-state index is -0.709. The molecule has 1 N–H and O–H groups in total. The van der Waals surface area contributed by atoms with Gasteiger partial charge in [0.05, 0.1) is 0 Å². The second kappa shape index (κ2) is 9.78. The lowest BCUT2D eigenvalue weighted by Gasteiger charge is -2.32. The maximum absolute atomic E-state index is 10.8. The number of hydrogen-bond acceptors (Lipinski definition) is 3. The van der Waals surface area contributed by atoms with Crippen molar-refractivity contribution in [3.8, 4) is 0 Å². The number of thiocarbonyl (C=S) groups is 1. The zero-order valence-corrected chi connectivity index (χ0v) is 15.0. The van der Waals surface area contributed by atoms with E-state index in [9.17, 15) is 4.79 Å². The van der Waals surface area contributed by atoms with Gasteiger partial charge < -0.3 is 5.11 Å². The van der Waals surface area contributed by atoms with Gasteiger partial charge in [0.25, 0.3) is 0 Å². The van der Waals surface area contributed by atoms with Gasteiger partial charge in [0, 0.05) is 11.7 Å². The predicted molar refractivity (Wildman–Crippen MR) is 93.9 cm³/mol. The van der Waals surface area contributed by atoms with Gasteiger partial charge in [-0.05, 0) is 48.3 Å². The Morgan fingerprint density at radius 2 is 1.80 bits per heavy atom. The largest absolute Gasteiger partial charge is 0.481 e. The molecule has 0 saturated heterocycles. The van der Waals surface area contributed by atoms with Crippen LogP contribution in [0.1, 0.15) is 72.6 Å². The Morgan fingerprint density at radius 3 is 2.25 bits per heavy atom. The van der Waals surface area contributed by atoms with Crippen LogP contribution in [0.15, 0.2) is 0 Å². The summed E-state index contributed by atoms with van der Waals surface area (Å²) >= 11 is 10.0. The molecule has 2 unspecified atom stereocenters. The molecule has 2 nitrogen and oxygen atoms in total. The molecular formula is C16H30O2S2. The molecule has 0 fully saturated rings. The van der Waals surface area contributed by atoms with E-state index in [2.05, 4.69) is 40.3 Å². The third-order valence-corrected chi connectivity index (χ3v) is 4.65. The van der Waals surface area contributed by atoms with Crippen LogP contribution in [0, 0.1) is 11.3 Å². The number of aliphatic carboxylic acids is 1. The van der Waals surface area contributed by atoms with Gasteiger partial charge in [-0.25, -0.2) is 0 Å². The van der Waals surface area contributed by atoms with Crippen molar-refractivity contribution in [1.82, 2.24) is 0 Å². The SMILES string of the molecule is CCCC(=S)CCC(S)CC(CCC(=O)O)C(C)(C)C. The normalized spacial score (nSPS) is 14.8. The van der Waals surface area contributed by atoms with E-state index < -0.39 is 5.97 Å². The highest BCUT2D eigenvalue weighted by Crippen LogP contribution is 2.35. The lowest BCUT2D eigenvalue weighted by atomic mass is 9.75. The summed E-state index contributed by atoms with van der Waals surface area (Å²) in [6.07, 6.45) is 6.05. The van der Waals surface area contributed by atoms with Crippen molar-refractivity contribution in [2.24, 2.45) is 11.3 Å². The maximum atomic E-state index is 10.8. The summed E-state index contributed by atoms with van der Waals surface area (Å²) in [4.78, 5) is 11.9. The number of carboxylic acids is 1. The van der Waals surface area contributed by atoms with E-state index in [0.29, 0.717) is 11.2 Å². The Labute approximate surface area is 135 Å². The van der Waals surface area contributed by atoms with Crippen molar-refractivity contribution in [1.29, 1.82) is 0 Å². The fourth-order valence-electron chi connectivity index (χ4n) is 2.38. The van der Waals surface area contributed by atoms with E-state index in [4.69, 9.17) is 17.3 Å². The number of thiol groups is 1. The number of hydrogen-bond donors (Lipinski definition) is 2. The summed E-state index contributed by atoms with van der Waals surface area (Å²) < 4.78 is 0. The van der Waals surface area contributed by atoms with E-state index in [-0.39, 0.29) is 11.8 Å². The van der Waals surface area contributed by atoms with Crippen LogP contribution in [-0.2, 0) is 4.79 Å². The van der Waals surface area contributed by atoms with Crippen molar-refractivity contribution >= 4 is 35.7 Å². The van der Waals surface area contributed by atoms with Gasteiger partial charge in [0.1, 0.15) is 0 Å². The Kier molecular flexibility index (Phi) is 9.73. The molecule has 0 aromatic carbocycles. The highest BCUT2D eigenvalue weighted by atomic mass is 32.1. The van der Waals surface area contributed by atoms with Crippen molar-refractivity contribution in [3.63, 3.8) is 0 Å². The van der Waals surface area contributed by atoms with Crippen LogP contribution in [-0.4, -0.2) is 21.2 Å². The third kappa shape index (κ3) is 9.76. The highest BCUT2D eigenvalue weighted by Gasteiger charge is 2.26. The minimum Gasteiger partial charge on any atom is -0.481 e. The van der Waals surface area contributed by atoms with E-state index in [0.717, 1.165) is 43.4 Å². The quantitative estimate of drug-likeness (QED) is 0.432. The second-order valence-corrected chi connectivity index (χ2v) is 8.02. The Balaban J connectivity index is 4.28. The molecule has 0 amide bonds. The maximum Gasteiger partial charge on any atom is 0.303 e. The number of rotatable bonds is 10. The van der Waals surface area contributed by atoms with Gasteiger partial charge in [-0.3, -0.25) is 4.79 Å². The average molecular weight is 319 g/mol. The number of carboxylic acid groups (broad SMARTS) is 1. The molecule has 0 aliphatic heterocycles. The first-order chi connectivity index (χ1) is 9.16. The van der Waals surface area contributed by atoms with Crippen molar-refractivity contribution in [2.45, 2.75) is 77.9 Å². The molecule has 20 heavy (non-hydrogen) atoms. The van der Waals surface area contributed by atoms with Crippen molar-refractivity contribution in [2.75, 3.05) is 0 Å². The average Bonchev–Trinajstić information content (AvgIpc) is 2.30. The smallest absolute Gasteiger partial charge is 0.303 e. The van der Waals surface area contributed by atoms with Gasteiger partial charge in [-0.1, -0.05) is 46.3 Å². The fourth-order valence-corrected chi connectivity index (χ4v) is 3.09. The summed E-state index contributed by atoms with van der Waals surface area (Å²) in [6.45, 7) is 8.69. The molecule has 0 radical (unpaired) electrons. The van der Waals surface area contributed by atoms with Gasteiger partial charge in [-0.2, -0.15) is 12.6 Å². The molecule has 2 atom stereocenters. The van der Waals surface area contributed by atoms with Crippen LogP contribution in [0.4, 0.5) is 0 Å². The topological polar surface area (TPSA) is 37.3 Å². The Bertz CT molecular complexity index is 308. The monoisotopic (exact) mass is 318 g/mol. The van der Waals surface area contributed by atoms with Crippen LogP contribution in [0.5, 0.6) is 0 Å². The van der Waals surface area contributed by atoms with Crippen LogP contribution in [0.25, 0.3) is 0 Å². The molecule has 0 aromatic heterocycles. The molecule has 0 rings (SSSR count). The van der Waals surface area contributed by atoms with E-state index in [1.54, 1.807) is 0 Å². The molecule has 118 valence electrons. The third-order valence-electron chi connectivity index (χ3n) is 3.77. The van der Waals surface area contributed by atoms with Gasteiger partial charge in [0.15, 0.2) is 0 Å². The lowest BCUT2D eigenvalue weighted by Crippen LogP contribution is -2.24. The molecule has 0 heterocycles. The van der Waals surface area contributed by atoms with Crippen molar-refractivity contribution < 1.29 is 9.90 Å². The lowest BCUT2D eigenvalue weighted by molar-refractivity contribution is -0.137. The van der Waals surface area contributed by atoms with Crippen LogP contribution < -0.4 is 0 Å². The van der Waals surface area contributed by atoms with E-state index in [1.165, 1.54) is 0 Å². The van der Waals surface area contributed by atoms with Crippen LogP contribution in [0.2, 0.25) is 0 Å². The molecule has 0 aliphatic rings. The van der Waals surface area contributed by atoms with Gasteiger partial charge in [-0.15, -0.1) is 0 Å². The summed E-state index contributed by atoms with van der Waals surface area (Å²) in [5.74, 6) is -0.320. The van der Waals surface area contributed by atoms with Gasteiger partial charge in [0.2, 0.25) is 0 Å². The summed E-state index contributed by atoms with van der Waals surface area (Å²) in [6, 6.07) is 0. The van der Waals surface area contributed by atoms with E-state index >= 15 is 0 Å². The molecule has 4 heteroatoms. The first kappa shape index (κ1) is 19.9. The number of carbonyl (C=O) groups is 1. The molecule has 0 aliphatic carbocycles. The predicted octanol–water partition coefficient (Wildman–Crippen LogP) is 5.15. The molecular weight excluding hydrogens is 288 g/mol. The van der Waals surface area contributed by atoms with E-state index in [1.807, 2.05) is 0 Å². The second-order valence-electron chi connectivity index (χ2n) is 6.71. The fraction of sp³-hybridized carbons (Fsp3) is 0.875. The Morgan fingerprint density at radius 1 is 1.20 bits per heavy atom. The van der Waals surface area contributed by atoms with Crippen LogP contribution >= 0.6 is 24.8 Å². The van der Waals surface area contributed by atoms with Crippen LogP contribution in [0.3, 0.4) is 0 Å². The first-order valence-corrected chi connectivity index (χ1v) is 8.50. The van der Waals surface area contributed by atoms with Gasteiger partial charge >= 0.3 is 5.97 Å². The molecule has 0 saturated carbocycles. The zero-order valence-electron chi connectivity index (χ0n) is 13.3. The summed E-state index contributed by atoms with van der Waals surface area (Å²) in [7, 11) is 0. The summed E-state index contributed by atoms with van der Waals surface area (Å²) in [5.41, 5.74) is 0.125. The minimum absolute atomic E-state index is 0.125. The highest BCUT2D eigenvalue weighted by molar-refractivity contribution is 7.81. The zero-order chi connectivity index (χ0) is 15.8.